The molecular weight excluding hydrogens is 252 g/mol. The molecule has 4 heteroatoms. The van der Waals surface area contributed by atoms with Crippen molar-refractivity contribution in [3.8, 4) is 0 Å². The molecule has 0 amide bonds. The minimum atomic E-state index is 0.732. The number of rotatable bonds is 4. The van der Waals surface area contributed by atoms with Crippen molar-refractivity contribution in [1.29, 1.82) is 0 Å². The first-order valence-corrected chi connectivity index (χ1v) is 7.50. The Morgan fingerprint density at radius 3 is 3.06 bits per heavy atom. The number of hydrogen-bond donors (Lipinski definition) is 2. The fourth-order valence-electron chi connectivity index (χ4n) is 2.14. The van der Waals surface area contributed by atoms with Gasteiger partial charge in [0.15, 0.2) is 0 Å². The number of nitrogens with one attached hydrogen (secondary N) is 1. The first-order chi connectivity index (χ1) is 8.25. The summed E-state index contributed by atoms with van der Waals surface area (Å²) < 4.78 is 0. The van der Waals surface area contributed by atoms with Crippen LogP contribution < -0.4 is 11.1 Å². The quantitative estimate of drug-likeness (QED) is 0.651. The highest BCUT2D eigenvalue weighted by Crippen LogP contribution is 2.30. The monoisotopic (exact) mass is 270 g/mol. The topological polar surface area (TPSA) is 38.0 Å². The summed E-state index contributed by atoms with van der Waals surface area (Å²) in [5.41, 5.74) is 6.40. The fraction of sp³-hybridized carbons (Fsp3) is 0.538. The second-order valence-corrected chi connectivity index (χ2v) is 6.08. The van der Waals surface area contributed by atoms with Gasteiger partial charge < -0.3 is 11.1 Å². The van der Waals surface area contributed by atoms with Gasteiger partial charge in [0.2, 0.25) is 0 Å². The van der Waals surface area contributed by atoms with E-state index in [9.17, 15) is 0 Å². The van der Waals surface area contributed by atoms with Gasteiger partial charge in [0.1, 0.15) is 0 Å². The van der Waals surface area contributed by atoms with E-state index in [1.807, 2.05) is 30.0 Å². The lowest BCUT2D eigenvalue weighted by Gasteiger charge is -2.22. The van der Waals surface area contributed by atoms with Crippen LogP contribution in [-0.2, 0) is 0 Å². The van der Waals surface area contributed by atoms with Gasteiger partial charge in [-0.15, -0.1) is 11.8 Å². The van der Waals surface area contributed by atoms with Gasteiger partial charge in [0, 0.05) is 10.6 Å². The molecule has 2 nitrogen and oxygen atoms in total. The van der Waals surface area contributed by atoms with Crippen LogP contribution in [0.4, 0.5) is 5.69 Å². The van der Waals surface area contributed by atoms with Crippen LogP contribution in [0.15, 0.2) is 23.1 Å². The maximum absolute atomic E-state index is 6.14. The third kappa shape index (κ3) is 4.09. The molecule has 1 aliphatic rings. The van der Waals surface area contributed by atoms with E-state index in [2.05, 4.69) is 5.32 Å². The summed E-state index contributed by atoms with van der Waals surface area (Å²) in [4.78, 5) is 1.14. The van der Waals surface area contributed by atoms with Gasteiger partial charge in [0.05, 0.1) is 5.02 Å². The molecule has 0 saturated carbocycles. The van der Waals surface area contributed by atoms with Crippen molar-refractivity contribution in [2.45, 2.75) is 24.2 Å². The maximum atomic E-state index is 6.14. The standard InChI is InChI=1S/C13H19ClN2S/c14-12-8-11(15)3-4-13(12)17-7-5-10-2-1-6-16-9-10/h3-4,8,10,16H,1-2,5-7,9,15H2. The molecule has 0 radical (unpaired) electrons. The van der Waals surface area contributed by atoms with Crippen molar-refractivity contribution in [2.24, 2.45) is 5.92 Å². The van der Waals surface area contributed by atoms with E-state index in [1.54, 1.807) is 0 Å². The fourth-order valence-corrected chi connectivity index (χ4v) is 3.52. The normalized spacial score (nSPS) is 20.4. The minimum Gasteiger partial charge on any atom is -0.399 e. The van der Waals surface area contributed by atoms with Gasteiger partial charge >= 0.3 is 0 Å². The molecule has 1 aromatic carbocycles. The van der Waals surface area contributed by atoms with Gasteiger partial charge in [-0.2, -0.15) is 0 Å². The van der Waals surface area contributed by atoms with Gasteiger partial charge in [-0.3, -0.25) is 0 Å². The molecule has 94 valence electrons. The number of benzene rings is 1. The Morgan fingerprint density at radius 1 is 1.47 bits per heavy atom. The van der Waals surface area contributed by atoms with Crippen LogP contribution in [0.5, 0.6) is 0 Å². The Morgan fingerprint density at radius 2 is 2.35 bits per heavy atom. The van der Waals surface area contributed by atoms with Crippen LogP contribution >= 0.6 is 23.4 Å². The highest BCUT2D eigenvalue weighted by Gasteiger charge is 2.12. The van der Waals surface area contributed by atoms with Crippen LogP contribution in [0.3, 0.4) is 0 Å². The van der Waals surface area contributed by atoms with Crippen LogP contribution in [0, 0.1) is 5.92 Å². The number of piperidine rings is 1. The summed E-state index contributed by atoms with van der Waals surface area (Å²) in [5.74, 6) is 1.97. The number of thioether (sulfide) groups is 1. The molecule has 0 spiro atoms. The average molecular weight is 271 g/mol. The van der Waals surface area contributed by atoms with E-state index in [-0.39, 0.29) is 0 Å². The van der Waals surface area contributed by atoms with Crippen molar-refractivity contribution in [2.75, 3.05) is 24.6 Å². The number of halogens is 1. The highest BCUT2D eigenvalue weighted by atomic mass is 35.5. The summed E-state index contributed by atoms with van der Waals surface area (Å²) in [5, 5.41) is 4.23. The number of nitrogens with two attached hydrogens (primary N) is 1. The number of nitrogen functional groups attached to an aromatic ring is 1. The van der Waals surface area contributed by atoms with Gasteiger partial charge in [-0.05, 0) is 62.2 Å². The van der Waals surface area contributed by atoms with E-state index < -0.39 is 0 Å². The second-order valence-electron chi connectivity index (χ2n) is 4.54. The van der Waals surface area contributed by atoms with Crippen molar-refractivity contribution in [1.82, 2.24) is 5.32 Å². The van der Waals surface area contributed by atoms with E-state index >= 15 is 0 Å². The summed E-state index contributed by atoms with van der Waals surface area (Å²) in [6, 6.07) is 5.75. The van der Waals surface area contributed by atoms with Crippen molar-refractivity contribution in [3.63, 3.8) is 0 Å². The molecule has 1 saturated heterocycles. The van der Waals surface area contributed by atoms with Crippen LogP contribution in [0.1, 0.15) is 19.3 Å². The van der Waals surface area contributed by atoms with E-state index in [0.717, 1.165) is 27.3 Å². The van der Waals surface area contributed by atoms with Crippen molar-refractivity contribution >= 4 is 29.1 Å². The smallest absolute Gasteiger partial charge is 0.0562 e. The zero-order valence-corrected chi connectivity index (χ0v) is 11.5. The Balaban J connectivity index is 1.77. The molecule has 17 heavy (non-hydrogen) atoms. The molecule has 0 aliphatic carbocycles. The molecule has 1 heterocycles. The Labute approximate surface area is 112 Å². The van der Waals surface area contributed by atoms with Crippen LogP contribution in [0.2, 0.25) is 5.02 Å². The molecule has 3 N–H and O–H groups in total. The van der Waals surface area contributed by atoms with Gasteiger partial charge in [-0.1, -0.05) is 11.6 Å². The lowest BCUT2D eigenvalue weighted by Crippen LogP contribution is -2.29. The maximum Gasteiger partial charge on any atom is 0.0562 e. The third-order valence-electron chi connectivity index (χ3n) is 3.14. The van der Waals surface area contributed by atoms with E-state index in [0.29, 0.717) is 0 Å². The lowest BCUT2D eigenvalue weighted by molar-refractivity contribution is 0.371. The Kier molecular flexibility index (Phi) is 5.01. The molecule has 0 bridgehead atoms. The van der Waals surface area contributed by atoms with Gasteiger partial charge in [0.25, 0.3) is 0 Å². The molecular formula is C13H19ClN2S. The first-order valence-electron chi connectivity index (χ1n) is 6.14. The molecule has 1 aliphatic heterocycles. The molecule has 2 rings (SSSR count). The number of anilines is 1. The second kappa shape index (κ2) is 6.53. The summed E-state index contributed by atoms with van der Waals surface area (Å²) in [6.45, 7) is 2.36. The zero-order valence-electron chi connectivity index (χ0n) is 9.92. The summed E-state index contributed by atoms with van der Waals surface area (Å²) in [7, 11) is 0. The average Bonchev–Trinajstić information content (AvgIpc) is 2.33. The minimum absolute atomic E-state index is 0.732. The van der Waals surface area contributed by atoms with E-state index in [1.165, 1.54) is 32.4 Å². The third-order valence-corrected chi connectivity index (χ3v) is 4.67. The van der Waals surface area contributed by atoms with Crippen molar-refractivity contribution in [3.05, 3.63) is 23.2 Å². The molecule has 1 unspecified atom stereocenters. The zero-order chi connectivity index (χ0) is 12.1. The molecule has 1 atom stereocenters. The number of hydrogen-bond acceptors (Lipinski definition) is 3. The largest absolute Gasteiger partial charge is 0.399 e. The van der Waals surface area contributed by atoms with Crippen molar-refractivity contribution < 1.29 is 0 Å². The summed E-state index contributed by atoms with van der Waals surface area (Å²) in [6.07, 6.45) is 3.94. The summed E-state index contributed by atoms with van der Waals surface area (Å²) >= 11 is 7.97. The predicted octanol–water partition coefficient (Wildman–Crippen LogP) is 3.40. The molecule has 1 aromatic rings. The van der Waals surface area contributed by atoms with Gasteiger partial charge in [-0.25, -0.2) is 0 Å². The first kappa shape index (κ1) is 13.1. The van der Waals surface area contributed by atoms with Crippen LogP contribution in [-0.4, -0.2) is 18.8 Å². The lowest BCUT2D eigenvalue weighted by atomic mass is 9.97. The molecule has 1 fully saturated rings. The van der Waals surface area contributed by atoms with Crippen LogP contribution in [0.25, 0.3) is 0 Å². The highest BCUT2D eigenvalue weighted by molar-refractivity contribution is 7.99. The van der Waals surface area contributed by atoms with E-state index in [4.69, 9.17) is 17.3 Å². The predicted molar refractivity (Wildman–Crippen MR) is 76.8 cm³/mol. The molecule has 0 aromatic heterocycles. The Bertz CT molecular complexity index is 364. The Hall–Kier alpha value is -0.380. The SMILES string of the molecule is Nc1ccc(SCCC2CCCNC2)c(Cl)c1.